The van der Waals surface area contributed by atoms with Crippen LogP contribution >= 0.6 is 24.8 Å². The molecule has 2 saturated heterocycles. The van der Waals surface area contributed by atoms with Crippen molar-refractivity contribution in [3.8, 4) is 0 Å². The Morgan fingerprint density at radius 2 is 1.62 bits per heavy atom. The van der Waals surface area contributed by atoms with Crippen molar-refractivity contribution in [3.05, 3.63) is 35.6 Å². The molecule has 3 rings (SSSR count). The first kappa shape index (κ1) is 23.3. The van der Waals surface area contributed by atoms with Crippen molar-refractivity contribution >= 4 is 30.6 Å². The summed E-state index contributed by atoms with van der Waals surface area (Å²) in [5.41, 5.74) is 0.603. The van der Waals surface area contributed by atoms with E-state index in [0.29, 0.717) is 18.8 Å². The molecule has 0 aliphatic carbocycles. The molecule has 148 valence electrons. The maximum absolute atomic E-state index is 13.2. The minimum Gasteiger partial charge on any atom is -0.379 e. The summed E-state index contributed by atoms with van der Waals surface area (Å²) < 4.78 is 18.6. The third kappa shape index (κ3) is 6.46. The number of morpholine rings is 1. The second kappa shape index (κ2) is 11.9. The largest absolute Gasteiger partial charge is 0.379 e. The molecule has 1 aromatic rings. The number of ether oxygens (including phenoxy) is 1. The molecule has 26 heavy (non-hydrogen) atoms. The maximum Gasteiger partial charge on any atom is 0.179 e. The number of hydrogen-bond donors (Lipinski definition) is 0. The fourth-order valence-corrected chi connectivity index (χ4v) is 3.66. The van der Waals surface area contributed by atoms with E-state index >= 15 is 0 Å². The minimum atomic E-state index is -0.303. The van der Waals surface area contributed by atoms with Crippen LogP contribution in [0.25, 0.3) is 0 Å². The summed E-state index contributed by atoms with van der Waals surface area (Å²) in [6, 6.07) is 5.81. The van der Waals surface area contributed by atoms with E-state index in [0.717, 1.165) is 39.1 Å². The number of halogens is 3. The molecule has 4 nitrogen and oxygen atoms in total. The van der Waals surface area contributed by atoms with Crippen molar-refractivity contribution in [3.63, 3.8) is 0 Å². The molecule has 2 aliphatic rings. The second-order valence-electron chi connectivity index (χ2n) is 6.73. The number of rotatable bonds is 6. The van der Waals surface area contributed by atoms with Crippen LogP contribution in [-0.4, -0.2) is 67.6 Å². The molecule has 7 heteroatoms. The number of Topliss-reactive ketones (excluding diaryl/α,β-unsaturated/α-hetero) is 1. The van der Waals surface area contributed by atoms with E-state index in [1.54, 1.807) is 12.1 Å². The van der Waals surface area contributed by atoms with E-state index in [9.17, 15) is 9.18 Å². The highest BCUT2D eigenvalue weighted by molar-refractivity contribution is 6.00. The molecule has 1 atom stereocenters. The number of carbonyl (C=O) groups excluding carboxylic acids is 1. The first-order chi connectivity index (χ1) is 11.7. The Hall–Kier alpha value is -0.720. The Balaban J connectivity index is 0.00000169. The maximum atomic E-state index is 13.2. The van der Waals surface area contributed by atoms with Gasteiger partial charge in [-0.25, -0.2) is 4.39 Å². The van der Waals surface area contributed by atoms with Crippen molar-refractivity contribution in [1.82, 2.24) is 9.80 Å². The SMILES string of the molecule is Cl.Cl.O=C(c1ccc(F)cc1)C(CCN1CCCCC1)N1CCOCC1. The Kier molecular flexibility index (Phi) is 10.7. The van der Waals surface area contributed by atoms with Gasteiger partial charge in [0.1, 0.15) is 5.82 Å². The Labute approximate surface area is 167 Å². The lowest BCUT2D eigenvalue weighted by molar-refractivity contribution is 0.0140. The number of ketones is 1. The molecule has 2 aliphatic heterocycles. The van der Waals surface area contributed by atoms with Crippen molar-refractivity contribution in [1.29, 1.82) is 0 Å². The van der Waals surface area contributed by atoms with Crippen LogP contribution in [0.3, 0.4) is 0 Å². The first-order valence-electron chi connectivity index (χ1n) is 9.08. The summed E-state index contributed by atoms with van der Waals surface area (Å²) in [4.78, 5) is 17.7. The molecule has 0 amide bonds. The molecule has 0 spiro atoms. The van der Waals surface area contributed by atoms with Gasteiger partial charge in [0.2, 0.25) is 0 Å². The second-order valence-corrected chi connectivity index (χ2v) is 6.73. The van der Waals surface area contributed by atoms with Gasteiger partial charge >= 0.3 is 0 Å². The van der Waals surface area contributed by atoms with Crippen molar-refractivity contribution in [2.24, 2.45) is 0 Å². The zero-order valence-electron chi connectivity index (χ0n) is 15.1. The third-order valence-corrected chi connectivity index (χ3v) is 5.09. The molecular weight excluding hydrogens is 378 g/mol. The lowest BCUT2D eigenvalue weighted by Crippen LogP contribution is -2.49. The van der Waals surface area contributed by atoms with Crippen LogP contribution in [-0.2, 0) is 4.74 Å². The van der Waals surface area contributed by atoms with Crippen LogP contribution < -0.4 is 0 Å². The van der Waals surface area contributed by atoms with E-state index in [1.807, 2.05) is 0 Å². The number of nitrogens with zero attached hydrogens (tertiary/aromatic N) is 2. The van der Waals surface area contributed by atoms with Crippen LogP contribution in [0.2, 0.25) is 0 Å². The van der Waals surface area contributed by atoms with Crippen LogP contribution in [0.4, 0.5) is 4.39 Å². The average molecular weight is 407 g/mol. The molecule has 1 unspecified atom stereocenters. The molecule has 0 bridgehead atoms. The molecule has 0 saturated carbocycles. The highest BCUT2D eigenvalue weighted by Gasteiger charge is 2.28. The topological polar surface area (TPSA) is 32.8 Å². The number of piperidine rings is 1. The van der Waals surface area contributed by atoms with Gasteiger partial charge in [-0.3, -0.25) is 9.69 Å². The van der Waals surface area contributed by atoms with E-state index in [2.05, 4.69) is 9.80 Å². The molecule has 0 radical (unpaired) electrons. The number of benzene rings is 1. The monoisotopic (exact) mass is 406 g/mol. The summed E-state index contributed by atoms with van der Waals surface area (Å²) in [6.45, 7) is 6.17. The quantitative estimate of drug-likeness (QED) is 0.677. The first-order valence-corrected chi connectivity index (χ1v) is 9.08. The van der Waals surface area contributed by atoms with E-state index < -0.39 is 0 Å². The normalized spacial score (nSPS) is 19.9. The van der Waals surface area contributed by atoms with Crippen molar-refractivity contribution in [2.45, 2.75) is 31.7 Å². The van der Waals surface area contributed by atoms with Gasteiger partial charge in [0.25, 0.3) is 0 Å². The van der Waals surface area contributed by atoms with Crippen molar-refractivity contribution in [2.75, 3.05) is 45.9 Å². The van der Waals surface area contributed by atoms with Crippen LogP contribution in [0, 0.1) is 5.82 Å². The Morgan fingerprint density at radius 1 is 1.00 bits per heavy atom. The Bertz CT molecular complexity index is 533. The van der Waals surface area contributed by atoms with Gasteiger partial charge in [-0.05, 0) is 56.6 Å². The molecule has 1 aromatic carbocycles. The van der Waals surface area contributed by atoms with Crippen LogP contribution in [0.15, 0.2) is 24.3 Å². The minimum absolute atomic E-state index is 0. The highest BCUT2D eigenvalue weighted by Crippen LogP contribution is 2.17. The van der Waals surface area contributed by atoms with Gasteiger partial charge in [0.15, 0.2) is 5.78 Å². The number of hydrogen-bond acceptors (Lipinski definition) is 4. The van der Waals surface area contributed by atoms with Crippen LogP contribution in [0.5, 0.6) is 0 Å². The number of carbonyl (C=O) groups is 1. The van der Waals surface area contributed by atoms with E-state index in [4.69, 9.17) is 4.74 Å². The zero-order chi connectivity index (χ0) is 16.8. The van der Waals surface area contributed by atoms with Gasteiger partial charge in [0, 0.05) is 25.2 Å². The predicted molar refractivity (Wildman–Crippen MR) is 106 cm³/mol. The number of likely N-dealkylation sites (tertiary alicyclic amines) is 1. The summed E-state index contributed by atoms with van der Waals surface area (Å²) in [7, 11) is 0. The molecule has 0 N–H and O–H groups in total. The van der Waals surface area contributed by atoms with Gasteiger partial charge in [-0.15, -0.1) is 24.8 Å². The summed E-state index contributed by atoms with van der Waals surface area (Å²) in [6.07, 6.45) is 4.66. The molecular formula is C19H29Cl2FN2O2. The van der Waals surface area contributed by atoms with Gasteiger partial charge < -0.3 is 9.64 Å². The van der Waals surface area contributed by atoms with Crippen LogP contribution in [0.1, 0.15) is 36.0 Å². The fraction of sp³-hybridized carbons (Fsp3) is 0.632. The van der Waals surface area contributed by atoms with Crippen molar-refractivity contribution < 1.29 is 13.9 Å². The molecule has 2 fully saturated rings. The highest BCUT2D eigenvalue weighted by atomic mass is 35.5. The zero-order valence-corrected chi connectivity index (χ0v) is 16.7. The smallest absolute Gasteiger partial charge is 0.179 e. The van der Waals surface area contributed by atoms with E-state index in [1.165, 1.54) is 31.4 Å². The standard InChI is InChI=1S/C19H27FN2O2.2ClH/c20-17-6-4-16(5-7-17)19(23)18(22-12-14-24-15-13-22)8-11-21-9-2-1-3-10-21;;/h4-7,18H,1-3,8-15H2;2*1H. The molecule has 2 heterocycles. The summed E-state index contributed by atoms with van der Waals surface area (Å²) >= 11 is 0. The summed E-state index contributed by atoms with van der Waals surface area (Å²) in [5, 5.41) is 0. The van der Waals surface area contributed by atoms with E-state index in [-0.39, 0.29) is 42.5 Å². The lowest BCUT2D eigenvalue weighted by atomic mass is 9.98. The Morgan fingerprint density at radius 3 is 2.23 bits per heavy atom. The van der Waals surface area contributed by atoms with Gasteiger partial charge in [0.05, 0.1) is 19.3 Å². The molecule has 0 aromatic heterocycles. The van der Waals surface area contributed by atoms with Gasteiger partial charge in [-0.2, -0.15) is 0 Å². The third-order valence-electron chi connectivity index (χ3n) is 5.09. The average Bonchev–Trinajstić information content (AvgIpc) is 2.64. The summed E-state index contributed by atoms with van der Waals surface area (Å²) in [5.74, 6) is -0.198. The predicted octanol–water partition coefficient (Wildman–Crippen LogP) is 3.43. The van der Waals surface area contributed by atoms with Gasteiger partial charge in [-0.1, -0.05) is 6.42 Å². The lowest BCUT2D eigenvalue weighted by Gasteiger charge is -2.35. The fourth-order valence-electron chi connectivity index (χ4n) is 3.66.